The van der Waals surface area contributed by atoms with Crippen LogP contribution in [-0.2, 0) is 16.1 Å². The lowest BCUT2D eigenvalue weighted by molar-refractivity contribution is -0.116. The van der Waals surface area contributed by atoms with Gasteiger partial charge >= 0.3 is 0 Å². The normalized spacial score (nSPS) is 21.7. The Labute approximate surface area is 212 Å². The van der Waals surface area contributed by atoms with Crippen molar-refractivity contribution in [3.05, 3.63) is 70.4 Å². The minimum absolute atomic E-state index is 0.0483. The van der Waals surface area contributed by atoms with Crippen molar-refractivity contribution >= 4 is 35.0 Å². The van der Waals surface area contributed by atoms with E-state index in [1.807, 2.05) is 0 Å². The van der Waals surface area contributed by atoms with Gasteiger partial charge in [0.15, 0.2) is 0 Å². The summed E-state index contributed by atoms with van der Waals surface area (Å²) in [7, 11) is 0. The summed E-state index contributed by atoms with van der Waals surface area (Å²) in [5.74, 6) is 0.0483. The Morgan fingerprint density at radius 3 is 2.56 bits per heavy atom. The number of hydrogen-bond donors (Lipinski definition) is 2. The molecular formula is C30H34N4O2. The summed E-state index contributed by atoms with van der Waals surface area (Å²) < 4.78 is 5.55. The Hall–Kier alpha value is -3.22. The monoisotopic (exact) mass is 482 g/mol. The van der Waals surface area contributed by atoms with Gasteiger partial charge in [-0.2, -0.15) is 5.10 Å². The van der Waals surface area contributed by atoms with Gasteiger partial charge in [0, 0.05) is 42.7 Å². The molecule has 1 aromatic heterocycles. The van der Waals surface area contributed by atoms with Crippen LogP contribution in [0.25, 0.3) is 29.1 Å². The van der Waals surface area contributed by atoms with Gasteiger partial charge in [0.05, 0.1) is 11.2 Å². The molecule has 1 amide bonds. The Morgan fingerprint density at radius 2 is 1.75 bits per heavy atom. The topological polar surface area (TPSA) is 70.2 Å². The van der Waals surface area contributed by atoms with Crippen LogP contribution >= 0.6 is 0 Å². The molecule has 0 aliphatic carbocycles. The van der Waals surface area contributed by atoms with Gasteiger partial charge in [0.2, 0.25) is 5.91 Å². The van der Waals surface area contributed by atoms with Crippen LogP contribution < -0.4 is 5.32 Å². The van der Waals surface area contributed by atoms with E-state index in [0.29, 0.717) is 19.8 Å². The van der Waals surface area contributed by atoms with Crippen molar-refractivity contribution in [2.45, 2.75) is 38.6 Å². The first kappa shape index (κ1) is 23.2. The highest BCUT2D eigenvalue weighted by molar-refractivity contribution is 6.02. The maximum absolute atomic E-state index is 12.6. The highest BCUT2D eigenvalue weighted by Gasteiger charge is 2.44. The molecule has 0 saturated carbocycles. The number of H-pyrrole nitrogens is 1. The van der Waals surface area contributed by atoms with E-state index in [0.717, 1.165) is 47.1 Å². The molecule has 1 spiro atoms. The van der Waals surface area contributed by atoms with Crippen LogP contribution in [-0.4, -0.2) is 53.9 Å². The molecule has 186 valence electrons. The number of amides is 1. The van der Waals surface area contributed by atoms with E-state index < -0.39 is 0 Å². The second-order valence-electron chi connectivity index (χ2n) is 10.5. The summed E-state index contributed by atoms with van der Waals surface area (Å²) in [6.45, 7) is 5.61. The summed E-state index contributed by atoms with van der Waals surface area (Å²) in [5, 5.41) is 11.8. The van der Waals surface area contributed by atoms with Gasteiger partial charge in [0.25, 0.3) is 0 Å². The van der Waals surface area contributed by atoms with Crippen molar-refractivity contribution in [1.82, 2.24) is 20.4 Å². The second kappa shape index (κ2) is 10.0. The minimum atomic E-state index is -0.102. The molecule has 3 aliphatic rings. The van der Waals surface area contributed by atoms with E-state index in [9.17, 15) is 4.79 Å². The Kier molecular flexibility index (Phi) is 6.46. The van der Waals surface area contributed by atoms with Crippen molar-refractivity contribution < 1.29 is 9.53 Å². The number of piperidine rings is 1. The highest BCUT2D eigenvalue weighted by atomic mass is 16.5. The van der Waals surface area contributed by atoms with Crippen molar-refractivity contribution in [3.8, 4) is 0 Å². The number of aromatic amines is 1. The van der Waals surface area contributed by atoms with Gasteiger partial charge in [-0.05, 0) is 79.7 Å². The van der Waals surface area contributed by atoms with Crippen molar-refractivity contribution in [2.24, 2.45) is 5.41 Å². The molecular weight excluding hydrogens is 448 g/mol. The molecule has 0 bridgehead atoms. The SMILES string of the molecule is O=C1NCC2(CCOCC2)/C1=C\c1ccc2c(/C=C/c3ccc(CN4CCCCC4)cc3)n[nH]c2c1. The fourth-order valence-electron chi connectivity index (χ4n) is 5.83. The summed E-state index contributed by atoms with van der Waals surface area (Å²) in [6, 6.07) is 15.1. The minimum Gasteiger partial charge on any atom is -0.381 e. The maximum Gasteiger partial charge on any atom is 0.247 e. The molecule has 6 heteroatoms. The lowest BCUT2D eigenvalue weighted by atomic mass is 9.75. The number of nitrogens with zero attached hydrogens (tertiary/aromatic N) is 2. The molecule has 3 saturated heterocycles. The molecule has 4 heterocycles. The van der Waals surface area contributed by atoms with Gasteiger partial charge in [0.1, 0.15) is 0 Å². The largest absolute Gasteiger partial charge is 0.381 e. The number of likely N-dealkylation sites (tertiary alicyclic amines) is 1. The molecule has 3 fully saturated rings. The first-order valence-corrected chi connectivity index (χ1v) is 13.2. The number of aromatic nitrogens is 2. The summed E-state index contributed by atoms with van der Waals surface area (Å²) in [4.78, 5) is 15.2. The third-order valence-corrected chi connectivity index (χ3v) is 8.05. The van der Waals surface area contributed by atoms with Gasteiger partial charge in [-0.15, -0.1) is 0 Å². The van der Waals surface area contributed by atoms with E-state index in [1.54, 1.807) is 0 Å². The van der Waals surface area contributed by atoms with Crippen molar-refractivity contribution in [1.29, 1.82) is 0 Å². The molecule has 0 radical (unpaired) electrons. The number of benzene rings is 2. The zero-order valence-electron chi connectivity index (χ0n) is 20.8. The molecule has 2 aromatic carbocycles. The summed E-state index contributed by atoms with van der Waals surface area (Å²) >= 11 is 0. The quantitative estimate of drug-likeness (QED) is 0.501. The number of carbonyl (C=O) groups excluding carboxylic acids is 1. The van der Waals surface area contributed by atoms with Crippen LogP contribution in [0.2, 0.25) is 0 Å². The number of nitrogens with one attached hydrogen (secondary N) is 2. The van der Waals surface area contributed by atoms with E-state index in [2.05, 4.69) is 81.1 Å². The number of hydrogen-bond acceptors (Lipinski definition) is 4. The fraction of sp³-hybridized carbons (Fsp3) is 0.400. The summed E-state index contributed by atoms with van der Waals surface area (Å²) in [6.07, 6.45) is 12.0. The van der Waals surface area contributed by atoms with Crippen molar-refractivity contribution in [3.63, 3.8) is 0 Å². The molecule has 36 heavy (non-hydrogen) atoms. The molecule has 0 atom stereocenters. The lowest BCUT2D eigenvalue weighted by Crippen LogP contribution is -2.32. The highest BCUT2D eigenvalue weighted by Crippen LogP contribution is 2.42. The first-order chi connectivity index (χ1) is 17.7. The average molecular weight is 483 g/mol. The number of rotatable bonds is 5. The van der Waals surface area contributed by atoms with Gasteiger partial charge in [-0.3, -0.25) is 14.8 Å². The smallest absolute Gasteiger partial charge is 0.247 e. The van der Waals surface area contributed by atoms with E-state index in [-0.39, 0.29) is 11.3 Å². The van der Waals surface area contributed by atoms with Crippen LogP contribution in [0.15, 0.2) is 48.0 Å². The average Bonchev–Trinajstić information content (AvgIpc) is 3.45. The standard InChI is InChI=1S/C30H34N4O2/c35-29-26(30(21-31-29)12-16-36-17-13-30)18-24-8-10-25-27(32-33-28(25)19-24)11-9-22-4-6-23(7-5-22)20-34-14-2-1-3-15-34/h4-11,18-19H,1-3,12-17,20-21H2,(H,31,35)(H,32,33)/b11-9+,26-18-. The van der Waals surface area contributed by atoms with E-state index in [4.69, 9.17) is 4.74 Å². The fourth-order valence-corrected chi connectivity index (χ4v) is 5.83. The van der Waals surface area contributed by atoms with Crippen LogP contribution in [0.5, 0.6) is 0 Å². The lowest BCUT2D eigenvalue weighted by Gasteiger charge is -2.32. The number of carbonyl (C=O) groups is 1. The number of fused-ring (bicyclic) bond motifs is 1. The predicted molar refractivity (Wildman–Crippen MR) is 144 cm³/mol. The predicted octanol–water partition coefficient (Wildman–Crippen LogP) is 5.03. The summed E-state index contributed by atoms with van der Waals surface area (Å²) in [5.41, 5.74) is 6.23. The Morgan fingerprint density at radius 1 is 0.972 bits per heavy atom. The van der Waals surface area contributed by atoms with Gasteiger partial charge in [-0.25, -0.2) is 0 Å². The zero-order valence-corrected chi connectivity index (χ0v) is 20.8. The van der Waals surface area contributed by atoms with Crippen LogP contribution in [0, 0.1) is 5.41 Å². The molecule has 0 unspecified atom stereocenters. The third kappa shape index (κ3) is 4.75. The molecule has 6 nitrogen and oxygen atoms in total. The molecule has 6 rings (SSSR count). The molecule has 2 N–H and O–H groups in total. The van der Waals surface area contributed by atoms with Crippen LogP contribution in [0.4, 0.5) is 0 Å². The van der Waals surface area contributed by atoms with Crippen LogP contribution in [0.3, 0.4) is 0 Å². The van der Waals surface area contributed by atoms with Crippen molar-refractivity contribution in [2.75, 3.05) is 32.8 Å². The molecule has 3 aromatic rings. The Bertz CT molecular complexity index is 1290. The maximum atomic E-state index is 12.6. The van der Waals surface area contributed by atoms with Gasteiger partial charge in [-0.1, -0.05) is 42.8 Å². The third-order valence-electron chi connectivity index (χ3n) is 8.05. The Balaban J connectivity index is 1.17. The van der Waals surface area contributed by atoms with E-state index >= 15 is 0 Å². The first-order valence-electron chi connectivity index (χ1n) is 13.2. The number of ether oxygens (including phenoxy) is 1. The van der Waals surface area contributed by atoms with Crippen LogP contribution in [0.1, 0.15) is 54.5 Å². The van der Waals surface area contributed by atoms with Gasteiger partial charge < -0.3 is 10.1 Å². The zero-order chi connectivity index (χ0) is 24.4. The second-order valence-corrected chi connectivity index (χ2v) is 10.5. The van der Waals surface area contributed by atoms with E-state index in [1.165, 1.54) is 43.5 Å². The molecule has 3 aliphatic heterocycles.